The summed E-state index contributed by atoms with van der Waals surface area (Å²) in [5, 5.41) is 3.40. The fourth-order valence-corrected chi connectivity index (χ4v) is 2.45. The van der Waals surface area contributed by atoms with Crippen LogP contribution in [0.3, 0.4) is 0 Å². The van der Waals surface area contributed by atoms with E-state index >= 15 is 0 Å². The van der Waals surface area contributed by atoms with Crippen LogP contribution in [0.1, 0.15) is 24.5 Å². The van der Waals surface area contributed by atoms with Crippen LogP contribution in [0, 0.1) is 13.8 Å². The first-order valence-corrected chi connectivity index (χ1v) is 6.52. The van der Waals surface area contributed by atoms with Crippen LogP contribution in [0.25, 0.3) is 0 Å². The first-order valence-electron chi connectivity index (χ1n) is 5.73. The van der Waals surface area contributed by atoms with E-state index < -0.39 is 0 Å². The molecule has 0 atom stereocenters. The molecule has 1 aromatic carbocycles. The quantitative estimate of drug-likeness (QED) is 0.801. The first-order chi connectivity index (χ1) is 7.65. The largest absolute Gasteiger partial charge is 0.382 e. The zero-order valence-electron chi connectivity index (χ0n) is 10.3. The second kappa shape index (κ2) is 6.92. The molecule has 0 saturated carbocycles. The molecule has 1 N–H and O–H groups in total. The Balaban J connectivity index is 2.47. The van der Waals surface area contributed by atoms with Gasteiger partial charge in [-0.15, -0.1) is 0 Å². The van der Waals surface area contributed by atoms with E-state index in [9.17, 15) is 0 Å². The Hall–Kier alpha value is -0.540. The molecule has 1 rings (SSSR count). The maximum atomic E-state index is 5.43. The van der Waals surface area contributed by atoms with E-state index in [2.05, 4.69) is 54.2 Å². The number of anilines is 1. The molecule has 0 bridgehead atoms. The molecule has 90 valence electrons. The van der Waals surface area contributed by atoms with Crippen molar-refractivity contribution in [2.75, 3.05) is 25.1 Å². The predicted octanol–water partition coefficient (Wildman–Crippen LogP) is 3.90. The van der Waals surface area contributed by atoms with E-state index in [0.717, 1.165) is 30.7 Å². The number of rotatable bonds is 6. The SMILES string of the molecule is CCCOCCNc1c(C)cc(C)cc1Br. The first kappa shape index (κ1) is 13.5. The van der Waals surface area contributed by atoms with Crippen molar-refractivity contribution in [2.45, 2.75) is 27.2 Å². The number of halogens is 1. The van der Waals surface area contributed by atoms with Crippen molar-refractivity contribution in [3.63, 3.8) is 0 Å². The number of hydrogen-bond acceptors (Lipinski definition) is 2. The minimum absolute atomic E-state index is 0.758. The molecule has 0 spiro atoms. The van der Waals surface area contributed by atoms with Gasteiger partial charge in [0.05, 0.1) is 12.3 Å². The number of nitrogens with one attached hydrogen (secondary N) is 1. The fraction of sp³-hybridized carbons (Fsp3) is 0.538. The molecule has 0 heterocycles. The van der Waals surface area contributed by atoms with Gasteiger partial charge in [0.25, 0.3) is 0 Å². The van der Waals surface area contributed by atoms with Crippen LogP contribution in [0.4, 0.5) is 5.69 Å². The Labute approximate surface area is 107 Å². The molecule has 16 heavy (non-hydrogen) atoms. The van der Waals surface area contributed by atoms with E-state index in [4.69, 9.17) is 4.74 Å². The van der Waals surface area contributed by atoms with Crippen molar-refractivity contribution in [1.29, 1.82) is 0 Å². The highest BCUT2D eigenvalue weighted by Crippen LogP contribution is 2.27. The Morgan fingerprint density at radius 3 is 2.62 bits per heavy atom. The molecule has 0 aromatic heterocycles. The van der Waals surface area contributed by atoms with Crippen molar-refractivity contribution in [3.8, 4) is 0 Å². The number of hydrogen-bond donors (Lipinski definition) is 1. The van der Waals surface area contributed by atoms with E-state index in [1.165, 1.54) is 16.8 Å². The van der Waals surface area contributed by atoms with Gasteiger partial charge in [0, 0.05) is 17.6 Å². The summed E-state index contributed by atoms with van der Waals surface area (Å²) < 4.78 is 6.56. The molecule has 0 fully saturated rings. The zero-order chi connectivity index (χ0) is 12.0. The highest BCUT2D eigenvalue weighted by Gasteiger charge is 2.03. The summed E-state index contributed by atoms with van der Waals surface area (Å²) in [4.78, 5) is 0. The average Bonchev–Trinajstić information content (AvgIpc) is 2.20. The van der Waals surface area contributed by atoms with Crippen LogP contribution < -0.4 is 5.32 Å². The summed E-state index contributed by atoms with van der Waals surface area (Å²) >= 11 is 3.58. The Morgan fingerprint density at radius 2 is 2.00 bits per heavy atom. The Morgan fingerprint density at radius 1 is 1.25 bits per heavy atom. The summed E-state index contributed by atoms with van der Waals surface area (Å²) in [5.41, 5.74) is 3.71. The lowest BCUT2D eigenvalue weighted by Crippen LogP contribution is -2.11. The number of aryl methyl sites for hydroxylation is 2. The van der Waals surface area contributed by atoms with E-state index in [0.29, 0.717) is 0 Å². The van der Waals surface area contributed by atoms with Gasteiger partial charge in [-0.3, -0.25) is 0 Å². The third-order valence-electron chi connectivity index (χ3n) is 2.33. The molecule has 1 aromatic rings. The normalized spacial score (nSPS) is 10.5. The standard InChI is InChI=1S/C13H20BrNO/c1-4-6-16-7-5-15-13-11(3)8-10(2)9-12(13)14/h8-9,15H,4-7H2,1-3H3. The summed E-state index contributed by atoms with van der Waals surface area (Å²) in [7, 11) is 0. The maximum absolute atomic E-state index is 5.43. The number of benzene rings is 1. The molecule has 0 unspecified atom stereocenters. The maximum Gasteiger partial charge on any atom is 0.0639 e. The van der Waals surface area contributed by atoms with Crippen molar-refractivity contribution < 1.29 is 4.74 Å². The van der Waals surface area contributed by atoms with Gasteiger partial charge in [0.15, 0.2) is 0 Å². The third-order valence-corrected chi connectivity index (χ3v) is 2.95. The van der Waals surface area contributed by atoms with Crippen LogP contribution in [0.2, 0.25) is 0 Å². The van der Waals surface area contributed by atoms with Gasteiger partial charge in [-0.1, -0.05) is 13.0 Å². The van der Waals surface area contributed by atoms with Crippen molar-refractivity contribution in [2.24, 2.45) is 0 Å². The van der Waals surface area contributed by atoms with Crippen molar-refractivity contribution in [1.82, 2.24) is 0 Å². The zero-order valence-corrected chi connectivity index (χ0v) is 11.9. The van der Waals surface area contributed by atoms with Gasteiger partial charge >= 0.3 is 0 Å². The second-order valence-corrected chi connectivity index (χ2v) is 4.83. The molecule has 0 amide bonds. The van der Waals surface area contributed by atoms with E-state index in [1.54, 1.807) is 0 Å². The monoisotopic (exact) mass is 285 g/mol. The van der Waals surface area contributed by atoms with Crippen LogP contribution in [0.15, 0.2) is 16.6 Å². The van der Waals surface area contributed by atoms with Gasteiger partial charge in [0.2, 0.25) is 0 Å². The molecular formula is C13H20BrNO. The van der Waals surface area contributed by atoms with Crippen LogP contribution >= 0.6 is 15.9 Å². The minimum atomic E-state index is 0.758. The molecule has 0 aliphatic heterocycles. The van der Waals surface area contributed by atoms with Gasteiger partial charge in [-0.2, -0.15) is 0 Å². The highest BCUT2D eigenvalue weighted by atomic mass is 79.9. The lowest BCUT2D eigenvalue weighted by atomic mass is 10.1. The van der Waals surface area contributed by atoms with Crippen molar-refractivity contribution >= 4 is 21.6 Å². The average molecular weight is 286 g/mol. The molecular weight excluding hydrogens is 266 g/mol. The lowest BCUT2D eigenvalue weighted by molar-refractivity contribution is 0.144. The predicted molar refractivity (Wildman–Crippen MR) is 73.2 cm³/mol. The molecule has 3 heteroatoms. The summed E-state index contributed by atoms with van der Waals surface area (Å²) in [6, 6.07) is 4.31. The lowest BCUT2D eigenvalue weighted by Gasteiger charge is -2.12. The van der Waals surface area contributed by atoms with Gasteiger partial charge < -0.3 is 10.1 Å². The van der Waals surface area contributed by atoms with E-state index in [-0.39, 0.29) is 0 Å². The van der Waals surface area contributed by atoms with Gasteiger partial charge in [0.1, 0.15) is 0 Å². The van der Waals surface area contributed by atoms with Crippen molar-refractivity contribution in [3.05, 3.63) is 27.7 Å². The highest BCUT2D eigenvalue weighted by molar-refractivity contribution is 9.10. The molecule has 2 nitrogen and oxygen atoms in total. The molecule has 0 aliphatic carbocycles. The Bertz CT molecular complexity index is 316. The summed E-state index contributed by atoms with van der Waals surface area (Å²) in [6.45, 7) is 8.79. The second-order valence-electron chi connectivity index (χ2n) is 3.98. The van der Waals surface area contributed by atoms with Crippen LogP contribution in [-0.4, -0.2) is 19.8 Å². The van der Waals surface area contributed by atoms with Crippen LogP contribution in [-0.2, 0) is 4.74 Å². The summed E-state index contributed by atoms with van der Waals surface area (Å²) in [5.74, 6) is 0. The molecule has 0 radical (unpaired) electrons. The summed E-state index contributed by atoms with van der Waals surface area (Å²) in [6.07, 6.45) is 1.08. The minimum Gasteiger partial charge on any atom is -0.382 e. The smallest absolute Gasteiger partial charge is 0.0639 e. The van der Waals surface area contributed by atoms with Gasteiger partial charge in [-0.25, -0.2) is 0 Å². The molecule has 0 saturated heterocycles. The topological polar surface area (TPSA) is 21.3 Å². The van der Waals surface area contributed by atoms with E-state index in [1.807, 2.05) is 0 Å². The Kier molecular flexibility index (Phi) is 5.85. The molecule has 0 aliphatic rings. The van der Waals surface area contributed by atoms with Crippen LogP contribution in [0.5, 0.6) is 0 Å². The van der Waals surface area contributed by atoms with Gasteiger partial charge in [-0.05, 0) is 53.4 Å². The number of ether oxygens (including phenoxy) is 1. The third kappa shape index (κ3) is 4.14. The fourth-order valence-electron chi connectivity index (χ4n) is 1.63.